The van der Waals surface area contributed by atoms with Gasteiger partial charge in [-0.3, -0.25) is 5.32 Å². The Morgan fingerprint density at radius 3 is 2.75 bits per heavy atom. The van der Waals surface area contributed by atoms with Crippen LogP contribution in [0.1, 0.15) is 11.4 Å². The van der Waals surface area contributed by atoms with Gasteiger partial charge in [-0.2, -0.15) is 0 Å². The first kappa shape index (κ1) is 16.0. The summed E-state index contributed by atoms with van der Waals surface area (Å²) < 4.78 is 3.47. The first-order chi connectivity index (χ1) is 11.6. The van der Waals surface area contributed by atoms with Crippen molar-refractivity contribution in [2.45, 2.75) is 13.1 Å². The fourth-order valence-electron chi connectivity index (χ4n) is 2.08. The SMILES string of the molecule is Cn1ccnc1CNC(=O)Nc1ncn(Cc2ccc(Cl)cc2)n1. The van der Waals surface area contributed by atoms with Crippen molar-refractivity contribution in [3.63, 3.8) is 0 Å². The molecule has 2 aromatic heterocycles. The van der Waals surface area contributed by atoms with Gasteiger partial charge in [0.25, 0.3) is 0 Å². The lowest BCUT2D eigenvalue weighted by Gasteiger charge is -2.05. The number of rotatable bonds is 5. The van der Waals surface area contributed by atoms with E-state index in [9.17, 15) is 4.79 Å². The molecule has 3 aromatic rings. The number of imidazole rings is 1. The van der Waals surface area contributed by atoms with Crippen LogP contribution < -0.4 is 10.6 Å². The first-order valence-electron chi connectivity index (χ1n) is 7.25. The van der Waals surface area contributed by atoms with E-state index in [1.54, 1.807) is 17.2 Å². The van der Waals surface area contributed by atoms with Crippen molar-refractivity contribution in [2.75, 3.05) is 5.32 Å². The minimum Gasteiger partial charge on any atom is -0.337 e. The molecule has 3 rings (SSSR count). The molecule has 0 aliphatic rings. The van der Waals surface area contributed by atoms with Gasteiger partial charge >= 0.3 is 6.03 Å². The van der Waals surface area contributed by atoms with Gasteiger partial charge in [0.1, 0.15) is 12.2 Å². The number of hydrogen-bond acceptors (Lipinski definition) is 4. The van der Waals surface area contributed by atoms with Gasteiger partial charge in [-0.05, 0) is 17.7 Å². The number of anilines is 1. The van der Waals surface area contributed by atoms with Crippen LogP contribution in [-0.2, 0) is 20.1 Å². The maximum Gasteiger partial charge on any atom is 0.322 e. The average Bonchev–Trinajstić information content (AvgIpc) is 3.17. The summed E-state index contributed by atoms with van der Waals surface area (Å²) in [6.45, 7) is 0.863. The van der Waals surface area contributed by atoms with E-state index in [4.69, 9.17) is 11.6 Å². The lowest BCUT2D eigenvalue weighted by Crippen LogP contribution is -2.29. The van der Waals surface area contributed by atoms with Crippen molar-refractivity contribution in [3.8, 4) is 0 Å². The molecule has 9 heteroatoms. The number of nitrogens with zero attached hydrogens (tertiary/aromatic N) is 5. The smallest absolute Gasteiger partial charge is 0.322 e. The van der Waals surface area contributed by atoms with Gasteiger partial charge in [-0.25, -0.2) is 19.4 Å². The predicted molar refractivity (Wildman–Crippen MR) is 89.6 cm³/mol. The second-order valence-electron chi connectivity index (χ2n) is 5.15. The lowest BCUT2D eigenvalue weighted by atomic mass is 10.2. The molecular weight excluding hydrogens is 330 g/mol. The second kappa shape index (κ2) is 7.14. The van der Waals surface area contributed by atoms with Crippen LogP contribution in [-0.4, -0.2) is 30.3 Å². The third-order valence-electron chi connectivity index (χ3n) is 3.35. The lowest BCUT2D eigenvalue weighted by molar-refractivity contribution is 0.251. The van der Waals surface area contributed by atoms with E-state index < -0.39 is 0 Å². The third kappa shape index (κ3) is 4.11. The maximum absolute atomic E-state index is 11.9. The summed E-state index contributed by atoms with van der Waals surface area (Å²) in [4.78, 5) is 20.1. The minimum atomic E-state index is -0.387. The summed E-state index contributed by atoms with van der Waals surface area (Å²) in [6.07, 6.45) is 5.05. The van der Waals surface area contributed by atoms with Gasteiger partial charge in [0.15, 0.2) is 0 Å². The molecule has 0 fully saturated rings. The number of benzene rings is 1. The molecule has 2 heterocycles. The molecule has 0 unspecified atom stereocenters. The van der Waals surface area contributed by atoms with E-state index >= 15 is 0 Å². The molecule has 0 aliphatic heterocycles. The first-order valence-corrected chi connectivity index (χ1v) is 7.63. The zero-order valence-electron chi connectivity index (χ0n) is 13.0. The van der Waals surface area contributed by atoms with Gasteiger partial charge in [0.05, 0.1) is 13.1 Å². The highest BCUT2D eigenvalue weighted by Crippen LogP contribution is 2.10. The number of hydrogen-bond donors (Lipinski definition) is 2. The molecular formula is C15H16ClN7O. The highest BCUT2D eigenvalue weighted by molar-refractivity contribution is 6.30. The highest BCUT2D eigenvalue weighted by atomic mass is 35.5. The molecule has 0 bridgehead atoms. The molecule has 0 saturated carbocycles. The van der Waals surface area contributed by atoms with E-state index in [0.717, 1.165) is 11.4 Å². The monoisotopic (exact) mass is 345 g/mol. The molecule has 0 radical (unpaired) electrons. The number of halogens is 1. The number of carbonyl (C=O) groups is 1. The van der Waals surface area contributed by atoms with Crippen LogP contribution in [0.4, 0.5) is 10.7 Å². The Kier molecular flexibility index (Phi) is 4.76. The van der Waals surface area contributed by atoms with Crippen molar-refractivity contribution in [2.24, 2.45) is 7.05 Å². The number of urea groups is 1. The van der Waals surface area contributed by atoms with Gasteiger partial charge in [0, 0.05) is 24.5 Å². The zero-order chi connectivity index (χ0) is 16.9. The summed E-state index contributed by atoms with van der Waals surface area (Å²) in [5, 5.41) is 10.2. The zero-order valence-corrected chi connectivity index (χ0v) is 13.7. The molecule has 124 valence electrons. The van der Waals surface area contributed by atoms with Gasteiger partial charge in [0.2, 0.25) is 5.95 Å². The summed E-state index contributed by atoms with van der Waals surface area (Å²) in [6, 6.07) is 7.07. The molecule has 0 saturated heterocycles. The minimum absolute atomic E-state index is 0.237. The normalized spacial score (nSPS) is 10.6. The summed E-state index contributed by atoms with van der Waals surface area (Å²) in [5.41, 5.74) is 1.04. The molecule has 0 spiro atoms. The molecule has 0 aliphatic carbocycles. The predicted octanol–water partition coefficient (Wildman–Crippen LogP) is 2.03. The van der Waals surface area contributed by atoms with Gasteiger partial charge in [-0.15, -0.1) is 5.10 Å². The number of amides is 2. The summed E-state index contributed by atoms with van der Waals surface area (Å²) in [5.74, 6) is 0.993. The fourth-order valence-corrected chi connectivity index (χ4v) is 2.20. The Morgan fingerprint density at radius 2 is 2.04 bits per heavy atom. The third-order valence-corrected chi connectivity index (χ3v) is 3.60. The largest absolute Gasteiger partial charge is 0.337 e. The van der Waals surface area contributed by atoms with Crippen LogP contribution in [0, 0.1) is 0 Å². The van der Waals surface area contributed by atoms with Crippen molar-refractivity contribution < 1.29 is 4.79 Å². The van der Waals surface area contributed by atoms with E-state index in [-0.39, 0.29) is 12.0 Å². The van der Waals surface area contributed by atoms with Crippen LogP contribution in [0.25, 0.3) is 0 Å². The number of carbonyl (C=O) groups excluding carboxylic acids is 1. The molecule has 24 heavy (non-hydrogen) atoms. The Balaban J connectivity index is 1.52. The number of nitrogens with one attached hydrogen (secondary N) is 2. The number of aryl methyl sites for hydroxylation is 1. The van der Waals surface area contributed by atoms with Gasteiger partial charge in [-0.1, -0.05) is 23.7 Å². The average molecular weight is 346 g/mol. The molecule has 2 N–H and O–H groups in total. The Morgan fingerprint density at radius 1 is 1.25 bits per heavy atom. The van der Waals surface area contributed by atoms with Crippen LogP contribution >= 0.6 is 11.6 Å². The van der Waals surface area contributed by atoms with Crippen molar-refractivity contribution in [1.29, 1.82) is 0 Å². The summed E-state index contributed by atoms with van der Waals surface area (Å²) >= 11 is 5.86. The quantitative estimate of drug-likeness (QED) is 0.740. The molecule has 2 amide bonds. The number of aromatic nitrogens is 5. The van der Waals surface area contributed by atoms with Crippen molar-refractivity contribution >= 4 is 23.6 Å². The second-order valence-corrected chi connectivity index (χ2v) is 5.59. The van der Waals surface area contributed by atoms with Crippen LogP contribution in [0.15, 0.2) is 43.0 Å². The van der Waals surface area contributed by atoms with Crippen molar-refractivity contribution in [3.05, 3.63) is 59.4 Å². The van der Waals surface area contributed by atoms with Crippen molar-refractivity contribution in [1.82, 2.24) is 29.6 Å². The standard InChI is InChI=1S/C15H16ClN7O/c1-22-7-6-17-13(22)8-18-15(24)20-14-19-10-23(21-14)9-11-2-4-12(16)5-3-11/h2-7,10H,8-9H2,1H3,(H2,18,20,21,24). The van der Waals surface area contributed by atoms with E-state index in [1.165, 1.54) is 0 Å². The highest BCUT2D eigenvalue weighted by Gasteiger charge is 2.07. The Labute approximate surface area is 143 Å². The summed E-state index contributed by atoms with van der Waals surface area (Å²) in [7, 11) is 1.86. The van der Waals surface area contributed by atoms with Crippen LogP contribution in [0.5, 0.6) is 0 Å². The Bertz CT molecular complexity index is 824. The Hall–Kier alpha value is -2.87. The van der Waals surface area contributed by atoms with E-state index in [1.807, 2.05) is 42.1 Å². The van der Waals surface area contributed by atoms with Crippen LogP contribution in [0.2, 0.25) is 5.02 Å². The fraction of sp³-hybridized carbons (Fsp3) is 0.200. The van der Waals surface area contributed by atoms with E-state index in [0.29, 0.717) is 18.1 Å². The van der Waals surface area contributed by atoms with E-state index in [2.05, 4.69) is 25.7 Å². The maximum atomic E-state index is 11.9. The topological polar surface area (TPSA) is 89.7 Å². The molecule has 8 nitrogen and oxygen atoms in total. The molecule has 1 aromatic carbocycles. The van der Waals surface area contributed by atoms with Gasteiger partial charge < -0.3 is 9.88 Å². The van der Waals surface area contributed by atoms with Crippen LogP contribution in [0.3, 0.4) is 0 Å². The molecule has 0 atom stereocenters.